The normalized spacial score (nSPS) is 21.1. The van der Waals surface area contributed by atoms with Crippen LogP contribution in [0, 0.1) is 5.92 Å². The number of halogens is 3. The van der Waals surface area contributed by atoms with Crippen LogP contribution in [0.5, 0.6) is 0 Å². The molecule has 0 amide bonds. The number of furan rings is 1. The van der Waals surface area contributed by atoms with Gasteiger partial charge in [0.1, 0.15) is 5.76 Å². The second-order valence-corrected chi connectivity index (χ2v) is 5.85. The van der Waals surface area contributed by atoms with Crippen molar-refractivity contribution in [1.29, 1.82) is 0 Å². The molecule has 0 spiro atoms. The zero-order chi connectivity index (χ0) is 16.0. The van der Waals surface area contributed by atoms with Crippen LogP contribution in [-0.4, -0.2) is 37.3 Å². The lowest BCUT2D eigenvalue weighted by molar-refractivity contribution is -0.143. The molecular formula is C16H23F3N2O. The van der Waals surface area contributed by atoms with Gasteiger partial charge in [-0.25, -0.2) is 0 Å². The van der Waals surface area contributed by atoms with E-state index in [1.807, 2.05) is 18.2 Å². The monoisotopic (exact) mass is 316 g/mol. The number of hydrogen-bond donors (Lipinski definition) is 1. The first-order valence-electron chi connectivity index (χ1n) is 7.64. The fourth-order valence-corrected chi connectivity index (χ4v) is 2.90. The van der Waals surface area contributed by atoms with Crippen LogP contribution in [0.15, 0.2) is 35.5 Å². The van der Waals surface area contributed by atoms with Crippen LogP contribution in [0.1, 0.15) is 31.1 Å². The minimum atomic E-state index is -4.11. The number of rotatable bonds is 8. The molecule has 0 radical (unpaired) electrons. The van der Waals surface area contributed by atoms with Crippen LogP contribution in [0.25, 0.3) is 0 Å². The van der Waals surface area contributed by atoms with Gasteiger partial charge in [0.2, 0.25) is 0 Å². The van der Waals surface area contributed by atoms with E-state index >= 15 is 0 Å². The van der Waals surface area contributed by atoms with Gasteiger partial charge in [-0.1, -0.05) is 6.08 Å². The van der Waals surface area contributed by atoms with Crippen molar-refractivity contribution in [3.05, 3.63) is 36.8 Å². The molecular weight excluding hydrogens is 293 g/mol. The van der Waals surface area contributed by atoms with E-state index < -0.39 is 12.7 Å². The number of alkyl halides is 3. The van der Waals surface area contributed by atoms with Gasteiger partial charge in [0.25, 0.3) is 0 Å². The van der Waals surface area contributed by atoms with Crippen LogP contribution in [0.2, 0.25) is 0 Å². The van der Waals surface area contributed by atoms with E-state index in [1.54, 1.807) is 6.26 Å². The van der Waals surface area contributed by atoms with Crippen LogP contribution < -0.4 is 5.32 Å². The summed E-state index contributed by atoms with van der Waals surface area (Å²) in [5, 5.41) is 3.43. The maximum Gasteiger partial charge on any atom is 0.401 e. The third-order valence-electron chi connectivity index (χ3n) is 3.97. The molecule has 1 aromatic rings. The van der Waals surface area contributed by atoms with Crippen LogP contribution in [0.3, 0.4) is 0 Å². The lowest BCUT2D eigenvalue weighted by Gasteiger charge is -2.20. The molecule has 1 saturated heterocycles. The van der Waals surface area contributed by atoms with E-state index in [9.17, 15) is 13.2 Å². The molecule has 1 N–H and O–H groups in total. The minimum absolute atomic E-state index is 0.0877. The highest BCUT2D eigenvalue weighted by Crippen LogP contribution is 2.24. The van der Waals surface area contributed by atoms with Crippen molar-refractivity contribution >= 4 is 0 Å². The molecule has 22 heavy (non-hydrogen) atoms. The number of allylic oxidation sites excluding steroid dienone is 1. The fourth-order valence-electron chi connectivity index (χ4n) is 2.90. The first-order valence-corrected chi connectivity index (χ1v) is 7.64. The zero-order valence-corrected chi connectivity index (χ0v) is 12.6. The van der Waals surface area contributed by atoms with Gasteiger partial charge in [-0.15, -0.1) is 6.58 Å². The molecule has 2 heterocycles. The number of nitrogens with one attached hydrogen (secondary N) is 1. The molecule has 0 aliphatic carbocycles. The second kappa shape index (κ2) is 7.83. The predicted molar refractivity (Wildman–Crippen MR) is 79.5 cm³/mol. The van der Waals surface area contributed by atoms with Crippen molar-refractivity contribution in [3.8, 4) is 0 Å². The van der Waals surface area contributed by atoms with Gasteiger partial charge >= 0.3 is 6.18 Å². The maximum atomic E-state index is 12.4. The highest BCUT2D eigenvalue weighted by atomic mass is 19.4. The summed E-state index contributed by atoms with van der Waals surface area (Å²) in [6, 6.07) is 3.86. The summed E-state index contributed by atoms with van der Waals surface area (Å²) in [5.41, 5.74) is 0. The first kappa shape index (κ1) is 17.1. The Hall–Kier alpha value is -1.27. The van der Waals surface area contributed by atoms with Crippen molar-refractivity contribution in [2.45, 2.75) is 31.5 Å². The molecule has 1 aromatic heterocycles. The number of likely N-dealkylation sites (tertiary alicyclic amines) is 1. The molecule has 1 fully saturated rings. The largest absolute Gasteiger partial charge is 0.468 e. The molecule has 1 aliphatic rings. The Labute approximate surface area is 129 Å². The zero-order valence-electron chi connectivity index (χ0n) is 12.6. The van der Waals surface area contributed by atoms with E-state index in [2.05, 4.69) is 11.9 Å². The highest BCUT2D eigenvalue weighted by Gasteiger charge is 2.34. The Morgan fingerprint density at radius 2 is 2.32 bits per heavy atom. The number of hydrogen-bond acceptors (Lipinski definition) is 3. The Morgan fingerprint density at radius 1 is 1.50 bits per heavy atom. The summed E-state index contributed by atoms with van der Waals surface area (Å²) >= 11 is 0. The van der Waals surface area contributed by atoms with Crippen LogP contribution in [0.4, 0.5) is 13.2 Å². The lowest BCUT2D eigenvalue weighted by atomic mass is 10.1. The Morgan fingerprint density at radius 3 is 2.95 bits per heavy atom. The average Bonchev–Trinajstić information content (AvgIpc) is 3.09. The molecule has 3 nitrogen and oxygen atoms in total. The number of nitrogens with zero attached hydrogens (tertiary/aromatic N) is 1. The quantitative estimate of drug-likeness (QED) is 0.740. The Bertz CT molecular complexity index is 445. The minimum Gasteiger partial charge on any atom is -0.468 e. The third-order valence-corrected chi connectivity index (χ3v) is 3.97. The highest BCUT2D eigenvalue weighted by molar-refractivity contribution is 5.04. The molecule has 6 heteroatoms. The van der Waals surface area contributed by atoms with Crippen molar-refractivity contribution in [3.63, 3.8) is 0 Å². The van der Waals surface area contributed by atoms with Gasteiger partial charge in [-0.3, -0.25) is 4.90 Å². The van der Waals surface area contributed by atoms with E-state index in [-0.39, 0.29) is 12.0 Å². The van der Waals surface area contributed by atoms with Crippen molar-refractivity contribution in [1.82, 2.24) is 10.2 Å². The summed E-state index contributed by atoms with van der Waals surface area (Å²) in [5.74, 6) is 1.12. The smallest absolute Gasteiger partial charge is 0.401 e. The second-order valence-electron chi connectivity index (χ2n) is 5.85. The summed E-state index contributed by atoms with van der Waals surface area (Å²) in [6.45, 7) is 4.64. The predicted octanol–water partition coefficient (Wildman–Crippen LogP) is 3.76. The molecule has 2 atom stereocenters. The van der Waals surface area contributed by atoms with E-state index in [4.69, 9.17) is 4.42 Å². The maximum absolute atomic E-state index is 12.4. The fraction of sp³-hybridized carbons (Fsp3) is 0.625. The van der Waals surface area contributed by atoms with E-state index in [1.165, 1.54) is 4.90 Å². The molecule has 2 unspecified atom stereocenters. The van der Waals surface area contributed by atoms with Gasteiger partial charge in [0.05, 0.1) is 18.8 Å². The van der Waals surface area contributed by atoms with E-state index in [0.717, 1.165) is 25.0 Å². The van der Waals surface area contributed by atoms with Crippen molar-refractivity contribution in [2.75, 3.05) is 26.2 Å². The van der Waals surface area contributed by atoms with E-state index in [0.29, 0.717) is 19.6 Å². The molecule has 124 valence electrons. The Balaban J connectivity index is 1.79. The lowest BCUT2D eigenvalue weighted by Crippen LogP contribution is -2.34. The summed E-state index contributed by atoms with van der Waals surface area (Å²) in [4.78, 5) is 1.48. The van der Waals surface area contributed by atoms with Gasteiger partial charge in [-0.2, -0.15) is 13.2 Å². The van der Waals surface area contributed by atoms with Gasteiger partial charge < -0.3 is 9.73 Å². The topological polar surface area (TPSA) is 28.4 Å². The summed E-state index contributed by atoms with van der Waals surface area (Å²) in [6.07, 6.45) is 1.93. The molecule has 0 saturated carbocycles. The summed E-state index contributed by atoms with van der Waals surface area (Å²) in [7, 11) is 0. The molecule has 1 aliphatic heterocycles. The SMILES string of the molecule is C=CCCC(NCC1CCN(CC(F)(F)F)C1)c1ccco1. The van der Waals surface area contributed by atoms with Gasteiger partial charge in [0.15, 0.2) is 0 Å². The summed E-state index contributed by atoms with van der Waals surface area (Å²) < 4.78 is 42.6. The molecule has 0 aromatic carbocycles. The van der Waals surface area contributed by atoms with Crippen molar-refractivity contribution in [2.24, 2.45) is 5.92 Å². The average molecular weight is 316 g/mol. The molecule has 2 rings (SSSR count). The standard InChI is InChI=1S/C16H23F3N2O/c1-2-3-5-14(15-6-4-9-22-15)20-10-13-7-8-21(11-13)12-16(17,18)19/h2,4,6,9,13-14,20H,1,3,5,7-8,10-12H2. The van der Waals surface area contributed by atoms with Crippen LogP contribution in [-0.2, 0) is 0 Å². The first-order chi connectivity index (χ1) is 10.5. The van der Waals surface area contributed by atoms with Crippen LogP contribution >= 0.6 is 0 Å². The third kappa shape index (κ3) is 5.50. The van der Waals surface area contributed by atoms with Crippen molar-refractivity contribution < 1.29 is 17.6 Å². The van der Waals surface area contributed by atoms with Gasteiger partial charge in [0, 0.05) is 6.54 Å². The van der Waals surface area contributed by atoms with Gasteiger partial charge in [-0.05, 0) is 50.4 Å². The Kier molecular flexibility index (Phi) is 6.08. The molecule has 0 bridgehead atoms.